The number of anilines is 1. The van der Waals surface area contributed by atoms with Crippen LogP contribution in [0.3, 0.4) is 0 Å². The average molecular weight is 444 g/mol. The molecule has 10 heteroatoms. The Hall–Kier alpha value is -3.11. The molecule has 6 nitrogen and oxygen atoms in total. The molecule has 0 fully saturated rings. The van der Waals surface area contributed by atoms with E-state index in [2.05, 4.69) is 20.5 Å². The molecule has 1 N–H and O–H groups in total. The van der Waals surface area contributed by atoms with Gasteiger partial charge in [0.25, 0.3) is 5.22 Å². The number of rotatable bonds is 6. The van der Waals surface area contributed by atoms with Crippen molar-refractivity contribution in [3.05, 3.63) is 65.0 Å². The van der Waals surface area contributed by atoms with Crippen LogP contribution in [0.4, 0.5) is 13.9 Å². The van der Waals surface area contributed by atoms with Gasteiger partial charge >= 0.3 is 0 Å². The number of aromatic nitrogens is 3. The zero-order chi connectivity index (χ0) is 21.1. The molecule has 0 unspecified atom stereocenters. The number of carbonyl (C=O) groups excluding carboxylic acids is 1. The molecule has 0 saturated heterocycles. The minimum atomic E-state index is -0.952. The number of thioether (sulfide) groups is 1. The van der Waals surface area contributed by atoms with Crippen LogP contribution >= 0.6 is 23.1 Å². The van der Waals surface area contributed by atoms with Gasteiger partial charge in [0, 0.05) is 16.5 Å². The van der Waals surface area contributed by atoms with Crippen LogP contribution in [0.5, 0.6) is 0 Å². The molecule has 0 bridgehead atoms. The van der Waals surface area contributed by atoms with E-state index in [0.29, 0.717) is 22.3 Å². The number of carbonyl (C=O) groups is 1. The molecule has 0 saturated carbocycles. The van der Waals surface area contributed by atoms with Crippen LogP contribution in [0.1, 0.15) is 5.56 Å². The molecular formula is C20H14F2N4O2S2. The highest BCUT2D eigenvalue weighted by atomic mass is 32.2. The second-order valence-corrected chi connectivity index (χ2v) is 7.98. The summed E-state index contributed by atoms with van der Waals surface area (Å²) in [6.07, 6.45) is 0. The highest BCUT2D eigenvalue weighted by Crippen LogP contribution is 2.27. The van der Waals surface area contributed by atoms with E-state index in [4.69, 9.17) is 4.42 Å². The van der Waals surface area contributed by atoms with Gasteiger partial charge in [-0.15, -0.1) is 21.5 Å². The molecule has 0 aliphatic rings. The van der Waals surface area contributed by atoms with Crippen LogP contribution in [0.2, 0.25) is 0 Å². The number of thiazole rings is 1. The molecule has 2 aromatic heterocycles. The van der Waals surface area contributed by atoms with Gasteiger partial charge in [0.1, 0.15) is 0 Å². The molecule has 0 aliphatic carbocycles. The maximum Gasteiger partial charge on any atom is 0.277 e. The summed E-state index contributed by atoms with van der Waals surface area (Å²) in [4.78, 5) is 16.4. The van der Waals surface area contributed by atoms with E-state index in [0.717, 1.165) is 35.0 Å². The third-order valence-electron chi connectivity index (χ3n) is 4.07. The first-order chi connectivity index (χ1) is 14.5. The van der Waals surface area contributed by atoms with Crippen LogP contribution in [-0.2, 0) is 4.79 Å². The first-order valence-electron chi connectivity index (χ1n) is 8.73. The van der Waals surface area contributed by atoms with Gasteiger partial charge in [0.05, 0.1) is 11.4 Å². The number of benzene rings is 2. The Morgan fingerprint density at radius 3 is 2.80 bits per heavy atom. The van der Waals surface area contributed by atoms with Crippen LogP contribution in [0.25, 0.3) is 22.7 Å². The van der Waals surface area contributed by atoms with Gasteiger partial charge in [-0.3, -0.25) is 4.79 Å². The maximum absolute atomic E-state index is 13.4. The lowest BCUT2D eigenvalue weighted by atomic mass is 10.1. The minimum Gasteiger partial charge on any atom is -0.411 e. The first-order valence-corrected chi connectivity index (χ1v) is 10.6. The van der Waals surface area contributed by atoms with Crippen molar-refractivity contribution in [3.63, 3.8) is 0 Å². The predicted molar refractivity (Wildman–Crippen MR) is 111 cm³/mol. The van der Waals surface area contributed by atoms with Gasteiger partial charge in [-0.25, -0.2) is 13.8 Å². The average Bonchev–Trinajstić information content (AvgIpc) is 3.39. The Morgan fingerprint density at radius 2 is 2.00 bits per heavy atom. The molecule has 2 heterocycles. The minimum absolute atomic E-state index is 0.0511. The van der Waals surface area contributed by atoms with E-state index in [9.17, 15) is 13.6 Å². The second-order valence-electron chi connectivity index (χ2n) is 6.19. The predicted octanol–water partition coefficient (Wildman–Crippen LogP) is 5.18. The van der Waals surface area contributed by atoms with E-state index < -0.39 is 11.6 Å². The molecule has 30 heavy (non-hydrogen) atoms. The number of amides is 1. The fourth-order valence-corrected chi connectivity index (χ4v) is 3.89. The zero-order valence-corrected chi connectivity index (χ0v) is 17.2. The number of hydrogen-bond donors (Lipinski definition) is 1. The number of nitrogens with zero attached hydrogens (tertiary/aromatic N) is 3. The van der Waals surface area contributed by atoms with Crippen molar-refractivity contribution >= 4 is 34.1 Å². The number of nitrogens with one attached hydrogen (secondary N) is 1. The summed E-state index contributed by atoms with van der Waals surface area (Å²) in [6.45, 7) is 1.95. The smallest absolute Gasteiger partial charge is 0.277 e. The van der Waals surface area contributed by atoms with E-state index in [-0.39, 0.29) is 16.9 Å². The molecule has 0 aliphatic heterocycles. The molecule has 2 aromatic carbocycles. The Balaban J connectivity index is 1.35. The Bertz CT molecular complexity index is 1210. The monoisotopic (exact) mass is 444 g/mol. The van der Waals surface area contributed by atoms with Crippen molar-refractivity contribution in [1.29, 1.82) is 0 Å². The van der Waals surface area contributed by atoms with Gasteiger partial charge in [-0.2, -0.15) is 0 Å². The zero-order valence-electron chi connectivity index (χ0n) is 15.6. The molecule has 152 valence electrons. The normalized spacial score (nSPS) is 10.9. The highest BCUT2D eigenvalue weighted by molar-refractivity contribution is 7.99. The summed E-state index contributed by atoms with van der Waals surface area (Å²) >= 11 is 2.30. The van der Waals surface area contributed by atoms with Crippen molar-refractivity contribution in [2.24, 2.45) is 0 Å². The highest BCUT2D eigenvalue weighted by Gasteiger charge is 2.14. The molecule has 4 rings (SSSR count). The van der Waals surface area contributed by atoms with E-state index in [1.54, 1.807) is 5.38 Å². The lowest BCUT2D eigenvalue weighted by Crippen LogP contribution is -2.13. The van der Waals surface area contributed by atoms with Crippen molar-refractivity contribution < 1.29 is 18.0 Å². The number of aryl methyl sites for hydroxylation is 1. The van der Waals surface area contributed by atoms with Crippen LogP contribution in [0, 0.1) is 18.6 Å². The fourth-order valence-electron chi connectivity index (χ4n) is 2.59. The fraction of sp³-hybridized carbons (Fsp3) is 0.100. The summed E-state index contributed by atoms with van der Waals surface area (Å²) in [7, 11) is 0. The summed E-state index contributed by atoms with van der Waals surface area (Å²) < 4.78 is 32.1. The molecule has 0 atom stereocenters. The summed E-state index contributed by atoms with van der Waals surface area (Å²) in [5, 5.41) is 12.9. The third-order valence-corrected chi connectivity index (χ3v) is 5.65. The van der Waals surface area contributed by atoms with Crippen LogP contribution < -0.4 is 5.32 Å². The van der Waals surface area contributed by atoms with Crippen molar-refractivity contribution in [2.45, 2.75) is 12.1 Å². The van der Waals surface area contributed by atoms with Gasteiger partial charge in [0.15, 0.2) is 16.8 Å². The van der Waals surface area contributed by atoms with Crippen molar-refractivity contribution in [1.82, 2.24) is 15.2 Å². The standard InChI is InChI=1S/C20H14F2N4O2S2/c1-11-4-2-3-5-13(11)18-25-26-20(28-18)30-10-17(27)24-19-23-16(9-29-19)12-6-7-14(21)15(22)8-12/h2-9H,10H2,1H3,(H,23,24,27). The van der Waals surface area contributed by atoms with Crippen molar-refractivity contribution in [3.8, 4) is 22.7 Å². The molecule has 1 amide bonds. The van der Waals surface area contributed by atoms with E-state index in [1.165, 1.54) is 17.4 Å². The summed E-state index contributed by atoms with van der Waals surface area (Å²) in [6, 6.07) is 11.2. The third kappa shape index (κ3) is 4.55. The largest absolute Gasteiger partial charge is 0.411 e. The Labute approximate surface area is 178 Å². The Morgan fingerprint density at radius 1 is 1.17 bits per heavy atom. The lowest BCUT2D eigenvalue weighted by Gasteiger charge is -2.00. The lowest BCUT2D eigenvalue weighted by molar-refractivity contribution is -0.113. The number of hydrogen-bond acceptors (Lipinski definition) is 7. The summed E-state index contributed by atoms with van der Waals surface area (Å²) in [5.41, 5.74) is 2.72. The van der Waals surface area contributed by atoms with Crippen LogP contribution in [0.15, 0.2) is 57.5 Å². The SMILES string of the molecule is Cc1ccccc1-c1nnc(SCC(=O)Nc2nc(-c3ccc(F)c(F)c3)cs2)o1. The van der Waals surface area contributed by atoms with Crippen molar-refractivity contribution in [2.75, 3.05) is 11.1 Å². The Kier molecular flexibility index (Phi) is 5.86. The van der Waals surface area contributed by atoms with Gasteiger partial charge < -0.3 is 9.73 Å². The molecule has 0 spiro atoms. The number of halogens is 2. The van der Waals surface area contributed by atoms with Gasteiger partial charge in [-0.05, 0) is 36.8 Å². The molecular weight excluding hydrogens is 430 g/mol. The quantitative estimate of drug-likeness (QED) is 0.413. The van der Waals surface area contributed by atoms with E-state index >= 15 is 0 Å². The van der Waals surface area contributed by atoms with Crippen LogP contribution in [-0.4, -0.2) is 26.8 Å². The second kappa shape index (κ2) is 8.72. The first kappa shape index (κ1) is 20.2. The topological polar surface area (TPSA) is 80.9 Å². The van der Waals surface area contributed by atoms with Gasteiger partial charge in [-0.1, -0.05) is 30.0 Å². The molecule has 0 radical (unpaired) electrons. The van der Waals surface area contributed by atoms with E-state index in [1.807, 2.05) is 31.2 Å². The van der Waals surface area contributed by atoms with Gasteiger partial charge in [0.2, 0.25) is 11.8 Å². The maximum atomic E-state index is 13.4. The summed E-state index contributed by atoms with van der Waals surface area (Å²) in [5.74, 6) is -1.73. The molecule has 4 aromatic rings.